The van der Waals surface area contributed by atoms with E-state index in [9.17, 15) is 20.4 Å². The topological polar surface area (TPSA) is 201 Å². The van der Waals surface area contributed by atoms with Gasteiger partial charge in [-0.3, -0.25) is 0 Å². The number of hydrogen-bond donors (Lipinski definition) is 8. The number of ether oxygens (including phenoxy) is 3. The molecule has 0 aromatic carbocycles. The van der Waals surface area contributed by atoms with Crippen LogP contribution in [0.2, 0.25) is 0 Å². The number of rotatable bonds is 4. The molecule has 0 aromatic heterocycles. The van der Waals surface area contributed by atoms with Crippen LogP contribution in [0.4, 0.5) is 0 Å². The first kappa shape index (κ1) is 18.9. The Bertz CT molecular complexity index is 388. The summed E-state index contributed by atoms with van der Waals surface area (Å²) in [5.41, 5.74) is 11.5. The van der Waals surface area contributed by atoms with Crippen LogP contribution in [0.25, 0.3) is 0 Å². The molecule has 2 aliphatic rings. The van der Waals surface area contributed by atoms with Crippen LogP contribution in [0.1, 0.15) is 0 Å². The van der Waals surface area contributed by atoms with E-state index in [1.807, 2.05) is 0 Å². The second kappa shape index (κ2) is 7.63. The lowest BCUT2D eigenvalue weighted by molar-refractivity contribution is -0.319. The molecule has 11 heteroatoms. The Kier molecular flexibility index (Phi) is 6.27. The summed E-state index contributed by atoms with van der Waals surface area (Å²) in [7, 11) is 0. The second-order valence-corrected chi connectivity index (χ2v) is 5.70. The molecule has 10 N–H and O–H groups in total. The van der Waals surface area contributed by atoms with Gasteiger partial charge in [0.15, 0.2) is 12.6 Å². The van der Waals surface area contributed by atoms with Crippen LogP contribution in [0.5, 0.6) is 0 Å². The third-order valence-corrected chi connectivity index (χ3v) is 4.14. The van der Waals surface area contributed by atoms with Gasteiger partial charge in [-0.2, -0.15) is 0 Å². The van der Waals surface area contributed by atoms with E-state index < -0.39 is 74.5 Å². The molecule has 136 valence electrons. The Morgan fingerprint density at radius 2 is 1.35 bits per heavy atom. The Morgan fingerprint density at radius 1 is 0.783 bits per heavy atom. The summed E-state index contributed by atoms with van der Waals surface area (Å²) in [5.74, 6) is 0. The van der Waals surface area contributed by atoms with Crippen molar-refractivity contribution in [1.82, 2.24) is 0 Å². The van der Waals surface area contributed by atoms with Crippen LogP contribution < -0.4 is 11.5 Å². The molecular formula is C12H24N2O9. The van der Waals surface area contributed by atoms with E-state index in [-0.39, 0.29) is 0 Å². The second-order valence-electron chi connectivity index (χ2n) is 5.70. The van der Waals surface area contributed by atoms with Gasteiger partial charge < -0.3 is 56.3 Å². The molecule has 2 heterocycles. The first-order chi connectivity index (χ1) is 10.8. The van der Waals surface area contributed by atoms with Crippen LogP contribution in [0.3, 0.4) is 0 Å². The van der Waals surface area contributed by atoms with Crippen molar-refractivity contribution >= 4 is 0 Å². The molecule has 0 unspecified atom stereocenters. The van der Waals surface area contributed by atoms with Gasteiger partial charge >= 0.3 is 0 Å². The van der Waals surface area contributed by atoms with Crippen LogP contribution >= 0.6 is 0 Å². The summed E-state index contributed by atoms with van der Waals surface area (Å²) in [6.45, 7) is -1.17. The number of hydrogen-bond acceptors (Lipinski definition) is 11. The van der Waals surface area contributed by atoms with E-state index in [4.69, 9.17) is 35.9 Å². The molecule has 0 aliphatic carbocycles. The van der Waals surface area contributed by atoms with E-state index in [0.717, 1.165) is 0 Å². The standard InChI is InChI=1S/C12H24N2O9/c13-5-9(19)7(17)3(1-15)22-12(5)23-10-6(14)11(20)21-4(2-16)8(10)18/h3-12,15-20H,1-2,13-14H2/t3-,4-,5-,6-,7-,8-,9-,10-,11-,12+/m1/s1. The van der Waals surface area contributed by atoms with Gasteiger partial charge in [0.2, 0.25) is 0 Å². The van der Waals surface area contributed by atoms with Gasteiger partial charge in [-0.05, 0) is 0 Å². The van der Waals surface area contributed by atoms with Crippen LogP contribution in [-0.2, 0) is 14.2 Å². The highest BCUT2D eigenvalue weighted by molar-refractivity contribution is 4.96. The molecule has 0 spiro atoms. The maximum absolute atomic E-state index is 10.1. The van der Waals surface area contributed by atoms with Crippen molar-refractivity contribution in [2.24, 2.45) is 11.5 Å². The summed E-state index contributed by atoms with van der Waals surface area (Å²) in [6.07, 6.45) is -10.5. The average Bonchev–Trinajstić information content (AvgIpc) is 2.54. The van der Waals surface area contributed by atoms with Gasteiger partial charge in [-0.25, -0.2) is 0 Å². The molecule has 0 aromatic rings. The van der Waals surface area contributed by atoms with Crippen molar-refractivity contribution in [3.8, 4) is 0 Å². The Hall–Kier alpha value is -0.440. The largest absolute Gasteiger partial charge is 0.394 e. The van der Waals surface area contributed by atoms with E-state index in [0.29, 0.717) is 0 Å². The normalized spacial score (nSPS) is 51.7. The van der Waals surface area contributed by atoms with Crippen molar-refractivity contribution in [3.63, 3.8) is 0 Å². The maximum Gasteiger partial charge on any atom is 0.176 e. The predicted octanol–water partition coefficient (Wildman–Crippen LogP) is -5.46. The monoisotopic (exact) mass is 340 g/mol. The van der Waals surface area contributed by atoms with Gasteiger partial charge in [0.25, 0.3) is 0 Å². The highest BCUT2D eigenvalue weighted by atomic mass is 16.7. The summed E-state index contributed by atoms with van der Waals surface area (Å²) in [6, 6.07) is -2.35. The molecule has 10 atom stereocenters. The van der Waals surface area contributed by atoms with E-state index in [1.165, 1.54) is 0 Å². The van der Waals surface area contributed by atoms with Crippen molar-refractivity contribution in [1.29, 1.82) is 0 Å². The number of aliphatic hydroxyl groups excluding tert-OH is 6. The molecule has 0 radical (unpaired) electrons. The van der Waals surface area contributed by atoms with E-state index >= 15 is 0 Å². The molecule has 0 amide bonds. The first-order valence-corrected chi connectivity index (χ1v) is 7.23. The van der Waals surface area contributed by atoms with Crippen molar-refractivity contribution in [2.45, 2.75) is 61.3 Å². The first-order valence-electron chi connectivity index (χ1n) is 7.23. The summed E-state index contributed by atoms with van der Waals surface area (Å²) < 4.78 is 15.7. The smallest absolute Gasteiger partial charge is 0.176 e. The average molecular weight is 340 g/mol. The molecule has 11 nitrogen and oxygen atoms in total. The number of nitrogens with two attached hydrogens (primary N) is 2. The third kappa shape index (κ3) is 3.65. The zero-order valence-corrected chi connectivity index (χ0v) is 12.3. The lowest BCUT2D eigenvalue weighted by Crippen LogP contribution is -2.67. The van der Waals surface area contributed by atoms with Gasteiger partial charge in [-0.15, -0.1) is 0 Å². The summed E-state index contributed by atoms with van der Waals surface area (Å²) in [5, 5.41) is 57.7. The minimum Gasteiger partial charge on any atom is -0.394 e. The maximum atomic E-state index is 10.1. The molecule has 2 aliphatic heterocycles. The molecule has 2 fully saturated rings. The fourth-order valence-electron chi connectivity index (χ4n) is 2.65. The minimum absolute atomic E-state index is 0.580. The Morgan fingerprint density at radius 3 is 1.91 bits per heavy atom. The molecule has 2 rings (SSSR count). The van der Waals surface area contributed by atoms with E-state index in [2.05, 4.69) is 0 Å². The molecule has 0 saturated carbocycles. The van der Waals surface area contributed by atoms with Crippen LogP contribution in [-0.4, -0.2) is 105 Å². The lowest BCUT2D eigenvalue weighted by Gasteiger charge is -2.46. The summed E-state index contributed by atoms with van der Waals surface area (Å²) >= 11 is 0. The van der Waals surface area contributed by atoms with Gasteiger partial charge in [0.05, 0.1) is 25.3 Å². The molecule has 23 heavy (non-hydrogen) atoms. The minimum atomic E-state index is -1.50. The van der Waals surface area contributed by atoms with Gasteiger partial charge in [0, 0.05) is 0 Å². The molecule has 0 bridgehead atoms. The zero-order valence-electron chi connectivity index (χ0n) is 12.3. The van der Waals surface area contributed by atoms with Crippen molar-refractivity contribution in [3.05, 3.63) is 0 Å². The van der Waals surface area contributed by atoms with Crippen molar-refractivity contribution < 1.29 is 44.8 Å². The predicted molar refractivity (Wildman–Crippen MR) is 72.6 cm³/mol. The Labute approximate surface area is 132 Å². The lowest BCUT2D eigenvalue weighted by atomic mass is 9.95. The SMILES string of the molecule is N[C@@H]1[C@@H](O[C@@H]2O[C@H](CO)[C@@H](O)[C@H](O)[C@H]2N)[C@H](O)[C@@H](CO)O[C@H]1O. The quantitative estimate of drug-likeness (QED) is 0.242. The highest BCUT2D eigenvalue weighted by Crippen LogP contribution is 2.27. The third-order valence-electron chi connectivity index (χ3n) is 4.14. The molecule has 2 saturated heterocycles. The van der Waals surface area contributed by atoms with Gasteiger partial charge in [0.1, 0.15) is 36.6 Å². The zero-order chi connectivity index (χ0) is 17.3. The van der Waals surface area contributed by atoms with Crippen molar-refractivity contribution in [2.75, 3.05) is 13.2 Å². The Balaban J connectivity index is 2.11. The van der Waals surface area contributed by atoms with E-state index in [1.54, 1.807) is 0 Å². The molecular weight excluding hydrogens is 316 g/mol. The number of aliphatic hydroxyl groups is 6. The highest BCUT2D eigenvalue weighted by Gasteiger charge is 2.49. The summed E-state index contributed by atoms with van der Waals surface area (Å²) in [4.78, 5) is 0. The van der Waals surface area contributed by atoms with Gasteiger partial charge in [-0.1, -0.05) is 0 Å². The fourth-order valence-corrected chi connectivity index (χ4v) is 2.65. The van der Waals surface area contributed by atoms with Crippen LogP contribution in [0, 0.1) is 0 Å². The van der Waals surface area contributed by atoms with Crippen LogP contribution in [0.15, 0.2) is 0 Å². The fraction of sp³-hybridized carbons (Fsp3) is 1.00.